The smallest absolute Gasteiger partial charge is 0.0713 e. The van der Waals surface area contributed by atoms with E-state index in [0.29, 0.717) is 13.2 Å². The lowest BCUT2D eigenvalue weighted by atomic mass is 9.93. The van der Waals surface area contributed by atoms with E-state index in [9.17, 15) is 0 Å². The predicted molar refractivity (Wildman–Crippen MR) is 72.7 cm³/mol. The molecule has 1 aromatic carbocycles. The van der Waals surface area contributed by atoms with Gasteiger partial charge in [0.05, 0.1) is 6.61 Å². The largest absolute Gasteiger partial charge is 0.380 e. The van der Waals surface area contributed by atoms with Gasteiger partial charge in [0, 0.05) is 13.7 Å². The van der Waals surface area contributed by atoms with E-state index in [0.717, 1.165) is 5.56 Å². The summed E-state index contributed by atoms with van der Waals surface area (Å²) in [6.45, 7) is 3.40. The lowest BCUT2D eigenvalue weighted by Gasteiger charge is -2.13. The average Bonchev–Trinajstić information content (AvgIpc) is 2.30. The summed E-state index contributed by atoms with van der Waals surface area (Å²) in [5.41, 5.74) is 9.43. The van der Waals surface area contributed by atoms with Crippen molar-refractivity contribution < 1.29 is 4.74 Å². The molecule has 1 saturated carbocycles. The third-order valence-electron chi connectivity index (χ3n) is 2.97. The Hall–Kier alpha value is -1.12. The van der Waals surface area contributed by atoms with Crippen LogP contribution in [0.25, 0.3) is 0 Å². The van der Waals surface area contributed by atoms with Crippen LogP contribution in [0, 0.1) is 0 Å². The summed E-state index contributed by atoms with van der Waals surface area (Å²) in [5, 5.41) is 0. The van der Waals surface area contributed by atoms with Gasteiger partial charge < -0.3 is 10.5 Å². The summed E-state index contributed by atoms with van der Waals surface area (Å²) in [6.07, 6.45) is 6.40. The molecule has 2 heteroatoms. The van der Waals surface area contributed by atoms with Crippen molar-refractivity contribution in [2.45, 2.75) is 39.3 Å². The fraction of sp³-hybridized carbons (Fsp3) is 0.467. The van der Waals surface area contributed by atoms with E-state index in [-0.39, 0.29) is 0 Å². The first-order chi connectivity index (χ1) is 8.30. The molecule has 1 aliphatic rings. The van der Waals surface area contributed by atoms with E-state index in [1.165, 1.54) is 24.8 Å². The molecule has 2 nitrogen and oxygen atoms in total. The fourth-order valence-corrected chi connectivity index (χ4v) is 1.61. The van der Waals surface area contributed by atoms with Crippen LogP contribution in [0.1, 0.15) is 37.3 Å². The molecule has 0 spiro atoms. The number of rotatable bonds is 3. The first-order valence-corrected chi connectivity index (χ1v) is 6.21. The van der Waals surface area contributed by atoms with Crippen LogP contribution >= 0.6 is 0 Å². The van der Waals surface area contributed by atoms with Crippen LogP contribution in [0.5, 0.6) is 0 Å². The highest BCUT2D eigenvalue weighted by Crippen LogP contribution is 2.24. The highest BCUT2D eigenvalue weighted by molar-refractivity contribution is 5.21. The normalized spacial score (nSPS) is 13.5. The number of benzene rings is 1. The number of nitrogens with two attached hydrogens (primary N) is 1. The van der Waals surface area contributed by atoms with Gasteiger partial charge in [0.2, 0.25) is 0 Å². The van der Waals surface area contributed by atoms with Crippen molar-refractivity contribution in [3.05, 3.63) is 47.0 Å². The van der Waals surface area contributed by atoms with E-state index in [1.54, 1.807) is 12.7 Å². The maximum absolute atomic E-state index is 5.44. The first kappa shape index (κ1) is 13.9. The first-order valence-electron chi connectivity index (χ1n) is 6.21. The quantitative estimate of drug-likeness (QED) is 0.812. The van der Waals surface area contributed by atoms with E-state index in [2.05, 4.69) is 13.0 Å². The number of hydrogen-bond donors (Lipinski definition) is 1. The summed E-state index contributed by atoms with van der Waals surface area (Å²) in [6, 6.07) is 8.11. The van der Waals surface area contributed by atoms with Gasteiger partial charge in [0.1, 0.15) is 0 Å². The Morgan fingerprint density at radius 1 is 1.18 bits per heavy atom. The number of ether oxygens (including phenoxy) is 1. The number of hydrogen-bond acceptors (Lipinski definition) is 2. The number of allylic oxidation sites excluding steroid dienone is 2. The molecule has 2 rings (SSSR count). The van der Waals surface area contributed by atoms with Gasteiger partial charge >= 0.3 is 0 Å². The van der Waals surface area contributed by atoms with Crippen molar-refractivity contribution in [2.24, 2.45) is 5.73 Å². The maximum Gasteiger partial charge on any atom is 0.0713 e. The Morgan fingerprint density at radius 2 is 1.76 bits per heavy atom. The molecule has 0 bridgehead atoms. The van der Waals surface area contributed by atoms with Gasteiger partial charge in [-0.3, -0.25) is 0 Å². The third kappa shape index (κ3) is 5.16. The standard InChI is InChI=1S/C9H13NO.C6H10/c1-11-7-9-4-2-8(6-10)3-5-9;1-2-6-4-3-5-6/h2-5H,6-7,10H2,1H3;2H,3-5H2,1H3. The van der Waals surface area contributed by atoms with Crippen LogP contribution in [-0.4, -0.2) is 7.11 Å². The molecular weight excluding hydrogens is 210 g/mol. The highest BCUT2D eigenvalue weighted by Gasteiger charge is 2.04. The topological polar surface area (TPSA) is 35.2 Å². The van der Waals surface area contributed by atoms with Crippen LogP contribution in [0.15, 0.2) is 35.9 Å². The molecule has 0 heterocycles. The Bertz CT molecular complexity index is 334. The molecule has 1 aliphatic carbocycles. The maximum atomic E-state index is 5.44. The minimum absolute atomic E-state index is 0.604. The second-order valence-electron chi connectivity index (χ2n) is 4.25. The molecule has 17 heavy (non-hydrogen) atoms. The van der Waals surface area contributed by atoms with Gasteiger partial charge in [-0.25, -0.2) is 0 Å². The van der Waals surface area contributed by atoms with Gasteiger partial charge in [0.15, 0.2) is 0 Å². The molecular formula is C15H23NO. The zero-order valence-electron chi connectivity index (χ0n) is 10.9. The molecule has 94 valence electrons. The van der Waals surface area contributed by atoms with Gasteiger partial charge in [-0.15, -0.1) is 0 Å². The van der Waals surface area contributed by atoms with Crippen molar-refractivity contribution in [1.82, 2.24) is 0 Å². The lowest BCUT2D eigenvalue weighted by Crippen LogP contribution is -1.96. The van der Waals surface area contributed by atoms with Gasteiger partial charge in [0.25, 0.3) is 0 Å². The molecule has 0 radical (unpaired) electrons. The van der Waals surface area contributed by atoms with Gasteiger partial charge in [-0.05, 0) is 37.3 Å². The SMILES string of the molecule is CC=C1CCC1.COCc1ccc(CN)cc1. The summed E-state index contributed by atoms with van der Waals surface area (Å²) in [7, 11) is 1.69. The molecule has 0 aromatic heterocycles. The third-order valence-corrected chi connectivity index (χ3v) is 2.97. The molecule has 0 amide bonds. The van der Waals surface area contributed by atoms with Crippen LogP contribution in [-0.2, 0) is 17.9 Å². The van der Waals surface area contributed by atoms with E-state index in [1.807, 2.05) is 24.3 Å². The Morgan fingerprint density at radius 3 is 2.06 bits per heavy atom. The van der Waals surface area contributed by atoms with Gasteiger partial charge in [-0.1, -0.05) is 35.9 Å². The van der Waals surface area contributed by atoms with Crippen LogP contribution < -0.4 is 5.73 Å². The highest BCUT2D eigenvalue weighted by atomic mass is 16.5. The monoisotopic (exact) mass is 233 g/mol. The summed E-state index contributed by atoms with van der Waals surface area (Å²) in [5.74, 6) is 0. The molecule has 1 aromatic rings. The van der Waals surface area contributed by atoms with Crippen molar-refractivity contribution in [2.75, 3.05) is 7.11 Å². The Balaban J connectivity index is 0.000000202. The van der Waals surface area contributed by atoms with E-state index in [4.69, 9.17) is 10.5 Å². The summed E-state index contributed by atoms with van der Waals surface area (Å²) < 4.78 is 4.97. The molecule has 0 saturated heterocycles. The Labute approximate surface area is 104 Å². The van der Waals surface area contributed by atoms with Gasteiger partial charge in [-0.2, -0.15) is 0 Å². The van der Waals surface area contributed by atoms with Crippen LogP contribution in [0.2, 0.25) is 0 Å². The number of methoxy groups -OCH3 is 1. The van der Waals surface area contributed by atoms with Crippen molar-refractivity contribution in [1.29, 1.82) is 0 Å². The zero-order valence-corrected chi connectivity index (χ0v) is 10.9. The van der Waals surface area contributed by atoms with Crippen molar-refractivity contribution >= 4 is 0 Å². The molecule has 1 fully saturated rings. The van der Waals surface area contributed by atoms with Crippen LogP contribution in [0.3, 0.4) is 0 Å². The second kappa shape index (κ2) is 8.04. The van der Waals surface area contributed by atoms with E-state index < -0.39 is 0 Å². The minimum atomic E-state index is 0.604. The molecule has 0 unspecified atom stereocenters. The molecule has 0 atom stereocenters. The minimum Gasteiger partial charge on any atom is -0.380 e. The fourth-order valence-electron chi connectivity index (χ4n) is 1.61. The van der Waals surface area contributed by atoms with Crippen molar-refractivity contribution in [3.8, 4) is 0 Å². The molecule has 0 aliphatic heterocycles. The Kier molecular flexibility index (Phi) is 6.60. The average molecular weight is 233 g/mol. The van der Waals surface area contributed by atoms with Crippen LogP contribution in [0.4, 0.5) is 0 Å². The van der Waals surface area contributed by atoms with E-state index >= 15 is 0 Å². The molecule has 2 N–H and O–H groups in total. The predicted octanol–water partition coefficient (Wildman–Crippen LogP) is 3.41. The second-order valence-corrected chi connectivity index (χ2v) is 4.25. The van der Waals surface area contributed by atoms with Crippen molar-refractivity contribution in [3.63, 3.8) is 0 Å². The zero-order chi connectivity index (χ0) is 12.5. The lowest BCUT2D eigenvalue weighted by molar-refractivity contribution is 0.185. The summed E-state index contributed by atoms with van der Waals surface area (Å²) >= 11 is 0. The summed E-state index contributed by atoms with van der Waals surface area (Å²) in [4.78, 5) is 0.